The Morgan fingerprint density at radius 3 is 2.24 bits per heavy atom. The molecule has 2 amide bonds. The molecule has 1 aromatic carbocycles. The number of carboxylic acid groups (broad SMARTS) is 1. The summed E-state index contributed by atoms with van der Waals surface area (Å²) in [5.41, 5.74) is 1.07. The third kappa shape index (κ3) is 8.23. The van der Waals surface area contributed by atoms with Crippen LogP contribution in [0, 0.1) is 0 Å². The Morgan fingerprint density at radius 2 is 1.61 bits per heavy atom. The van der Waals surface area contributed by atoms with E-state index in [2.05, 4.69) is 24.7 Å². The second-order valence-electron chi connectivity index (χ2n) is 12.0. The summed E-state index contributed by atoms with van der Waals surface area (Å²) in [6.45, 7) is 4.51. The first kappa shape index (κ1) is 29.9. The Labute approximate surface area is 248 Å². The van der Waals surface area contributed by atoms with Crippen LogP contribution >= 0.6 is 11.6 Å². The number of piperidine rings is 2. The van der Waals surface area contributed by atoms with Gasteiger partial charge < -0.3 is 24.8 Å². The molecule has 2 aromatic rings. The van der Waals surface area contributed by atoms with Crippen LogP contribution in [-0.4, -0.2) is 98.2 Å². The number of benzene rings is 1. The highest BCUT2D eigenvalue weighted by atomic mass is 35.5. The Balaban J connectivity index is 1.21. The summed E-state index contributed by atoms with van der Waals surface area (Å²) >= 11 is 6.12. The van der Waals surface area contributed by atoms with Gasteiger partial charge in [0.15, 0.2) is 0 Å². The lowest BCUT2D eigenvalue weighted by molar-refractivity contribution is -0.135. The van der Waals surface area contributed by atoms with Gasteiger partial charge in [0, 0.05) is 74.8 Å². The van der Waals surface area contributed by atoms with Crippen LogP contribution in [0.5, 0.6) is 0 Å². The fraction of sp³-hybridized carbons (Fsp3) is 0.645. The molecule has 2 saturated heterocycles. The fourth-order valence-corrected chi connectivity index (χ4v) is 7.09. The van der Waals surface area contributed by atoms with Gasteiger partial charge in [-0.25, -0.2) is 9.78 Å². The van der Waals surface area contributed by atoms with Crippen molar-refractivity contribution in [2.75, 3.05) is 32.7 Å². The summed E-state index contributed by atoms with van der Waals surface area (Å²) in [4.78, 5) is 35.8. The second-order valence-corrected chi connectivity index (χ2v) is 12.4. The van der Waals surface area contributed by atoms with Crippen molar-refractivity contribution in [2.24, 2.45) is 0 Å². The molecule has 2 N–H and O–H groups in total. The van der Waals surface area contributed by atoms with Crippen molar-refractivity contribution >= 4 is 23.6 Å². The normalized spacial score (nSPS) is 20.4. The number of imidazole rings is 1. The van der Waals surface area contributed by atoms with E-state index < -0.39 is 6.09 Å². The molecule has 3 heterocycles. The number of halogens is 1. The predicted octanol–water partition coefficient (Wildman–Crippen LogP) is 4.51. The van der Waals surface area contributed by atoms with Crippen LogP contribution in [0.25, 0.3) is 0 Å². The first-order valence-corrected chi connectivity index (χ1v) is 15.8. The Hall–Kier alpha value is -2.62. The van der Waals surface area contributed by atoms with E-state index in [0.29, 0.717) is 49.5 Å². The molecule has 5 rings (SSSR count). The van der Waals surface area contributed by atoms with E-state index in [4.69, 9.17) is 11.6 Å². The molecule has 1 aromatic heterocycles. The molecule has 0 unspecified atom stereocenters. The standard InChI is InChI=1S/C31H45ClN6O3/c32-25-8-6-24(7-9-25)22-29(34-26-10-15-37(16-11-26)31(40)41)30(39)36-17-12-28(13-18-36)38(27-4-2-1-3-5-27)21-20-35-19-14-33-23-35/h6-9,14,19,23,26-29,34H,1-5,10-13,15-18,20-22H2,(H,40,41)/t29-/m1/s1. The largest absolute Gasteiger partial charge is 0.465 e. The van der Waals surface area contributed by atoms with E-state index in [1.54, 1.807) is 0 Å². The van der Waals surface area contributed by atoms with Crippen molar-refractivity contribution in [3.63, 3.8) is 0 Å². The van der Waals surface area contributed by atoms with Crippen LogP contribution in [0.2, 0.25) is 5.02 Å². The molecule has 0 bridgehead atoms. The molecule has 0 radical (unpaired) electrons. The van der Waals surface area contributed by atoms with Crippen molar-refractivity contribution in [3.8, 4) is 0 Å². The van der Waals surface area contributed by atoms with Gasteiger partial charge in [-0.3, -0.25) is 9.69 Å². The van der Waals surface area contributed by atoms with Crippen LogP contribution in [-0.2, 0) is 17.8 Å². The Kier molecular flexibility index (Phi) is 10.6. The van der Waals surface area contributed by atoms with Crippen molar-refractivity contribution in [2.45, 2.75) is 94.9 Å². The molecule has 41 heavy (non-hydrogen) atoms. The molecule has 10 heteroatoms. The number of hydrogen-bond donors (Lipinski definition) is 2. The predicted molar refractivity (Wildman–Crippen MR) is 160 cm³/mol. The average molecular weight is 585 g/mol. The lowest BCUT2D eigenvalue weighted by Crippen LogP contribution is -2.57. The summed E-state index contributed by atoms with van der Waals surface area (Å²) in [6, 6.07) is 8.64. The zero-order chi connectivity index (χ0) is 28.6. The molecule has 1 atom stereocenters. The monoisotopic (exact) mass is 584 g/mol. The number of aromatic nitrogens is 2. The van der Waals surface area contributed by atoms with Gasteiger partial charge in [0.2, 0.25) is 5.91 Å². The maximum atomic E-state index is 14.0. The van der Waals surface area contributed by atoms with Crippen LogP contribution in [0.4, 0.5) is 4.79 Å². The van der Waals surface area contributed by atoms with Gasteiger partial charge in [-0.2, -0.15) is 0 Å². The lowest BCUT2D eigenvalue weighted by atomic mass is 9.91. The quantitative estimate of drug-likeness (QED) is 0.427. The van der Waals surface area contributed by atoms with Crippen LogP contribution in [0.3, 0.4) is 0 Å². The van der Waals surface area contributed by atoms with Crippen molar-refractivity contribution in [1.82, 2.24) is 29.6 Å². The SMILES string of the molecule is O=C(O)N1CCC(N[C@H](Cc2ccc(Cl)cc2)C(=O)N2CCC(N(CCn3ccnc3)C3CCCCC3)CC2)CC1. The first-order chi connectivity index (χ1) is 20.0. The van der Waals surface area contributed by atoms with E-state index >= 15 is 0 Å². The van der Waals surface area contributed by atoms with Gasteiger partial charge in [0.05, 0.1) is 12.4 Å². The van der Waals surface area contributed by atoms with E-state index in [0.717, 1.165) is 44.6 Å². The van der Waals surface area contributed by atoms with Crippen molar-refractivity contribution in [3.05, 3.63) is 53.6 Å². The highest BCUT2D eigenvalue weighted by molar-refractivity contribution is 6.30. The molecule has 3 aliphatic rings. The number of carbonyl (C=O) groups is 2. The molecule has 1 aliphatic carbocycles. The topological polar surface area (TPSA) is 93.9 Å². The Bertz CT molecular complexity index is 1090. The third-order valence-electron chi connectivity index (χ3n) is 9.32. The molecular weight excluding hydrogens is 540 g/mol. The summed E-state index contributed by atoms with van der Waals surface area (Å²) in [6.07, 6.45) is 15.5. The minimum absolute atomic E-state index is 0.120. The van der Waals surface area contributed by atoms with E-state index in [1.807, 2.05) is 43.0 Å². The zero-order valence-electron chi connectivity index (χ0n) is 24.0. The number of nitrogens with zero attached hydrogens (tertiary/aromatic N) is 5. The molecule has 224 valence electrons. The van der Waals surface area contributed by atoms with Gasteiger partial charge >= 0.3 is 6.09 Å². The summed E-state index contributed by atoms with van der Waals surface area (Å²) < 4.78 is 2.17. The van der Waals surface area contributed by atoms with Gasteiger partial charge in [0.1, 0.15) is 0 Å². The third-order valence-corrected chi connectivity index (χ3v) is 9.57. The van der Waals surface area contributed by atoms with Crippen LogP contribution in [0.15, 0.2) is 43.0 Å². The minimum atomic E-state index is -0.868. The van der Waals surface area contributed by atoms with Crippen molar-refractivity contribution in [1.29, 1.82) is 0 Å². The lowest BCUT2D eigenvalue weighted by Gasteiger charge is -2.44. The van der Waals surface area contributed by atoms with E-state index in [1.165, 1.54) is 37.0 Å². The fourth-order valence-electron chi connectivity index (χ4n) is 6.96. The number of rotatable bonds is 10. The van der Waals surface area contributed by atoms with Crippen molar-refractivity contribution < 1.29 is 14.7 Å². The van der Waals surface area contributed by atoms with Gasteiger partial charge in [-0.1, -0.05) is 43.0 Å². The van der Waals surface area contributed by atoms with Crippen LogP contribution < -0.4 is 5.32 Å². The molecule has 0 spiro atoms. The van der Waals surface area contributed by atoms with Gasteiger partial charge in [0.25, 0.3) is 0 Å². The summed E-state index contributed by atoms with van der Waals surface area (Å²) in [5, 5.41) is 13.7. The van der Waals surface area contributed by atoms with Crippen LogP contribution in [0.1, 0.15) is 63.4 Å². The van der Waals surface area contributed by atoms with E-state index in [-0.39, 0.29) is 18.0 Å². The zero-order valence-corrected chi connectivity index (χ0v) is 24.8. The summed E-state index contributed by atoms with van der Waals surface area (Å²) in [5.74, 6) is 0.154. The van der Waals surface area contributed by atoms with Gasteiger partial charge in [-0.15, -0.1) is 0 Å². The maximum Gasteiger partial charge on any atom is 0.407 e. The smallest absolute Gasteiger partial charge is 0.407 e. The highest BCUT2D eigenvalue weighted by Gasteiger charge is 2.35. The van der Waals surface area contributed by atoms with Gasteiger partial charge in [-0.05, 0) is 62.6 Å². The molecular formula is C31H45ClN6O3. The number of likely N-dealkylation sites (tertiary alicyclic amines) is 2. The minimum Gasteiger partial charge on any atom is -0.465 e. The number of amides is 2. The molecule has 1 saturated carbocycles. The maximum absolute atomic E-state index is 14.0. The first-order valence-electron chi connectivity index (χ1n) is 15.4. The molecule has 2 aliphatic heterocycles. The van der Waals surface area contributed by atoms with E-state index in [9.17, 15) is 14.7 Å². The summed E-state index contributed by atoms with van der Waals surface area (Å²) in [7, 11) is 0. The molecule has 3 fully saturated rings. The number of carbonyl (C=O) groups excluding carboxylic acids is 1. The average Bonchev–Trinajstić information content (AvgIpc) is 3.53. The number of hydrogen-bond acceptors (Lipinski definition) is 5. The number of nitrogens with one attached hydrogen (secondary N) is 1. The Morgan fingerprint density at radius 1 is 0.951 bits per heavy atom. The second kappa shape index (κ2) is 14.5. The molecule has 9 nitrogen and oxygen atoms in total. The highest BCUT2D eigenvalue weighted by Crippen LogP contribution is 2.28.